The molecule has 0 aliphatic carbocycles. The summed E-state index contributed by atoms with van der Waals surface area (Å²) in [5.41, 5.74) is 0.586. The van der Waals surface area contributed by atoms with Gasteiger partial charge in [0.15, 0.2) is 5.82 Å². The minimum atomic E-state index is -4.41. The van der Waals surface area contributed by atoms with Gasteiger partial charge in [-0.3, -0.25) is 4.98 Å². The van der Waals surface area contributed by atoms with Gasteiger partial charge in [-0.1, -0.05) is 5.21 Å². The van der Waals surface area contributed by atoms with Crippen molar-refractivity contribution in [2.45, 2.75) is 6.18 Å². The molecule has 8 heteroatoms. The van der Waals surface area contributed by atoms with Gasteiger partial charge in [0.05, 0.1) is 11.8 Å². The highest BCUT2D eigenvalue weighted by molar-refractivity contribution is 5.56. The van der Waals surface area contributed by atoms with E-state index in [2.05, 4.69) is 20.3 Å². The Balaban J connectivity index is 1.90. The molecule has 0 unspecified atom stereocenters. The second-order valence-electron chi connectivity index (χ2n) is 4.19. The van der Waals surface area contributed by atoms with Gasteiger partial charge in [0, 0.05) is 24.2 Å². The first-order valence-electron chi connectivity index (χ1n) is 5.90. The number of hydrogen-bond donors (Lipinski definition) is 0. The molecule has 0 aliphatic rings. The third-order valence-electron chi connectivity index (χ3n) is 2.78. The molecule has 0 bridgehead atoms. The highest BCUT2D eigenvalue weighted by atomic mass is 19.4. The predicted octanol–water partition coefficient (Wildman–Crippen LogP) is 2.74. The highest BCUT2D eigenvalue weighted by Crippen LogP contribution is 2.28. The van der Waals surface area contributed by atoms with E-state index in [0.717, 1.165) is 17.8 Å². The van der Waals surface area contributed by atoms with Gasteiger partial charge in [-0.05, 0) is 24.3 Å². The van der Waals surface area contributed by atoms with Crippen LogP contribution in [0.2, 0.25) is 0 Å². The van der Waals surface area contributed by atoms with Crippen LogP contribution in [-0.4, -0.2) is 25.0 Å². The summed E-state index contributed by atoms with van der Waals surface area (Å²) < 4.78 is 38.7. The van der Waals surface area contributed by atoms with Crippen LogP contribution in [-0.2, 0) is 6.18 Å². The maximum absolute atomic E-state index is 12.5. The van der Waals surface area contributed by atoms with E-state index < -0.39 is 11.7 Å². The fraction of sp³-hybridized carbons (Fsp3) is 0.0769. The first-order valence-corrected chi connectivity index (χ1v) is 5.90. The molecule has 106 valence electrons. The van der Waals surface area contributed by atoms with E-state index in [1.54, 1.807) is 30.7 Å². The standard InChI is InChI=1S/C13H8F3N5/c14-13(15,16)10-1-2-12(18-7-10)21-8-11(19-20-21)9-3-5-17-6-4-9/h1-8H. The summed E-state index contributed by atoms with van der Waals surface area (Å²) in [4.78, 5) is 7.65. The number of nitrogens with zero attached hydrogens (tertiary/aromatic N) is 5. The van der Waals surface area contributed by atoms with Crippen LogP contribution >= 0.6 is 0 Å². The molecule has 0 aliphatic heterocycles. The van der Waals surface area contributed by atoms with Crippen molar-refractivity contribution in [2.75, 3.05) is 0 Å². The summed E-state index contributed by atoms with van der Waals surface area (Å²) in [5, 5.41) is 7.81. The van der Waals surface area contributed by atoms with Gasteiger partial charge in [0.2, 0.25) is 0 Å². The number of aromatic nitrogens is 5. The van der Waals surface area contributed by atoms with Gasteiger partial charge in [0.1, 0.15) is 5.69 Å². The molecular weight excluding hydrogens is 283 g/mol. The van der Waals surface area contributed by atoms with Crippen molar-refractivity contribution in [3.05, 3.63) is 54.6 Å². The van der Waals surface area contributed by atoms with E-state index in [9.17, 15) is 13.2 Å². The predicted molar refractivity (Wildman–Crippen MR) is 67.4 cm³/mol. The molecule has 0 atom stereocenters. The van der Waals surface area contributed by atoms with Crippen molar-refractivity contribution in [1.82, 2.24) is 25.0 Å². The van der Waals surface area contributed by atoms with Crippen LogP contribution in [0.4, 0.5) is 13.2 Å². The Kier molecular flexibility index (Phi) is 3.13. The van der Waals surface area contributed by atoms with Crippen molar-refractivity contribution in [1.29, 1.82) is 0 Å². The van der Waals surface area contributed by atoms with Gasteiger partial charge in [-0.2, -0.15) is 13.2 Å². The molecule has 0 amide bonds. The van der Waals surface area contributed by atoms with Crippen LogP contribution in [0, 0.1) is 0 Å². The molecule has 0 saturated carbocycles. The van der Waals surface area contributed by atoms with Crippen LogP contribution < -0.4 is 0 Å². The summed E-state index contributed by atoms with van der Waals surface area (Å²) in [7, 11) is 0. The first kappa shape index (κ1) is 13.2. The van der Waals surface area contributed by atoms with Crippen molar-refractivity contribution >= 4 is 0 Å². The van der Waals surface area contributed by atoms with Gasteiger partial charge in [0.25, 0.3) is 0 Å². The molecule has 21 heavy (non-hydrogen) atoms. The van der Waals surface area contributed by atoms with E-state index in [1.165, 1.54) is 10.7 Å². The zero-order chi connectivity index (χ0) is 14.9. The second-order valence-corrected chi connectivity index (χ2v) is 4.19. The number of rotatable bonds is 2. The molecule has 0 radical (unpaired) electrons. The monoisotopic (exact) mass is 291 g/mol. The molecular formula is C13H8F3N5. The van der Waals surface area contributed by atoms with Crippen molar-refractivity contribution in [3.8, 4) is 17.1 Å². The largest absolute Gasteiger partial charge is 0.417 e. The number of halogens is 3. The Labute approximate surface area is 117 Å². The molecule has 5 nitrogen and oxygen atoms in total. The van der Waals surface area contributed by atoms with Crippen LogP contribution in [0.25, 0.3) is 17.1 Å². The van der Waals surface area contributed by atoms with Crippen LogP contribution in [0.1, 0.15) is 5.56 Å². The summed E-state index contributed by atoms with van der Waals surface area (Å²) in [6.45, 7) is 0. The van der Waals surface area contributed by atoms with Crippen LogP contribution in [0.15, 0.2) is 49.1 Å². The third kappa shape index (κ3) is 2.73. The Hall–Kier alpha value is -2.77. The van der Waals surface area contributed by atoms with Gasteiger partial charge >= 0.3 is 6.18 Å². The highest BCUT2D eigenvalue weighted by Gasteiger charge is 2.30. The Bertz CT molecular complexity index is 735. The first-order chi connectivity index (χ1) is 10.0. The molecule has 0 saturated heterocycles. The van der Waals surface area contributed by atoms with E-state index >= 15 is 0 Å². The molecule has 0 fully saturated rings. The molecule has 3 aromatic rings. The molecule has 3 rings (SSSR count). The molecule has 3 heterocycles. The third-order valence-corrected chi connectivity index (χ3v) is 2.78. The SMILES string of the molecule is FC(F)(F)c1ccc(-n2cc(-c3ccncc3)nn2)nc1. The van der Waals surface area contributed by atoms with Gasteiger partial charge in [-0.25, -0.2) is 9.67 Å². The molecule has 0 N–H and O–H groups in total. The number of pyridine rings is 2. The lowest BCUT2D eigenvalue weighted by atomic mass is 10.2. The lowest BCUT2D eigenvalue weighted by molar-refractivity contribution is -0.137. The average molecular weight is 291 g/mol. The van der Waals surface area contributed by atoms with Crippen molar-refractivity contribution in [3.63, 3.8) is 0 Å². The minimum absolute atomic E-state index is 0.260. The van der Waals surface area contributed by atoms with E-state index in [-0.39, 0.29) is 5.82 Å². The Morgan fingerprint density at radius 1 is 1.00 bits per heavy atom. The summed E-state index contributed by atoms with van der Waals surface area (Å²) in [5.74, 6) is 0.260. The van der Waals surface area contributed by atoms with E-state index in [0.29, 0.717) is 5.69 Å². The van der Waals surface area contributed by atoms with Crippen LogP contribution in [0.3, 0.4) is 0 Å². The minimum Gasteiger partial charge on any atom is -0.265 e. The van der Waals surface area contributed by atoms with Crippen molar-refractivity contribution < 1.29 is 13.2 Å². The molecule has 0 aromatic carbocycles. The zero-order valence-corrected chi connectivity index (χ0v) is 10.5. The maximum atomic E-state index is 12.5. The molecule has 0 spiro atoms. The maximum Gasteiger partial charge on any atom is 0.417 e. The quantitative estimate of drug-likeness (QED) is 0.728. The van der Waals surface area contributed by atoms with E-state index in [1.807, 2.05) is 0 Å². The topological polar surface area (TPSA) is 56.5 Å². The summed E-state index contributed by atoms with van der Waals surface area (Å²) >= 11 is 0. The smallest absolute Gasteiger partial charge is 0.265 e. The van der Waals surface area contributed by atoms with Gasteiger partial charge in [-0.15, -0.1) is 5.10 Å². The second kappa shape index (κ2) is 4.97. The summed E-state index contributed by atoms with van der Waals surface area (Å²) in [6.07, 6.45) is 1.18. The lowest BCUT2D eigenvalue weighted by Gasteiger charge is -2.06. The zero-order valence-electron chi connectivity index (χ0n) is 10.5. The van der Waals surface area contributed by atoms with Gasteiger partial charge < -0.3 is 0 Å². The normalized spacial score (nSPS) is 11.6. The van der Waals surface area contributed by atoms with Crippen LogP contribution in [0.5, 0.6) is 0 Å². The fourth-order valence-electron chi connectivity index (χ4n) is 1.72. The Morgan fingerprint density at radius 3 is 2.38 bits per heavy atom. The van der Waals surface area contributed by atoms with Crippen molar-refractivity contribution in [2.24, 2.45) is 0 Å². The van der Waals surface area contributed by atoms with E-state index in [4.69, 9.17) is 0 Å². The lowest BCUT2D eigenvalue weighted by Crippen LogP contribution is -2.07. The summed E-state index contributed by atoms with van der Waals surface area (Å²) in [6, 6.07) is 5.72. The number of alkyl halides is 3. The molecule has 3 aromatic heterocycles. The average Bonchev–Trinajstić information content (AvgIpc) is 2.97. The number of hydrogen-bond acceptors (Lipinski definition) is 4. The Morgan fingerprint density at radius 2 is 1.76 bits per heavy atom. The fourth-order valence-corrected chi connectivity index (χ4v) is 1.72.